The molecule has 0 radical (unpaired) electrons. The van der Waals surface area contributed by atoms with Crippen LogP contribution in [0.5, 0.6) is 0 Å². The lowest BCUT2D eigenvalue weighted by Crippen LogP contribution is -2.14. The van der Waals surface area contributed by atoms with Crippen LogP contribution in [0.25, 0.3) is 0 Å². The van der Waals surface area contributed by atoms with Crippen LogP contribution in [0.1, 0.15) is 75.3 Å². The van der Waals surface area contributed by atoms with Crippen molar-refractivity contribution >= 4 is 0 Å². The summed E-state index contributed by atoms with van der Waals surface area (Å²) in [5.41, 5.74) is 2.83. The fourth-order valence-electron chi connectivity index (χ4n) is 3.40. The molecule has 1 heteroatoms. The summed E-state index contributed by atoms with van der Waals surface area (Å²) < 4.78 is 6.26. The van der Waals surface area contributed by atoms with Crippen LogP contribution in [0.3, 0.4) is 0 Å². The molecule has 2 aromatic carbocycles. The van der Waals surface area contributed by atoms with Gasteiger partial charge >= 0.3 is 0 Å². The Morgan fingerprint density at radius 1 is 0.640 bits per heavy atom. The van der Waals surface area contributed by atoms with Crippen molar-refractivity contribution < 1.29 is 4.74 Å². The van der Waals surface area contributed by atoms with Gasteiger partial charge in [-0.2, -0.15) is 0 Å². The zero-order valence-electron chi connectivity index (χ0n) is 16.0. The number of benzene rings is 2. The highest BCUT2D eigenvalue weighted by atomic mass is 16.5. The van der Waals surface area contributed by atoms with Gasteiger partial charge < -0.3 is 4.74 Å². The van der Waals surface area contributed by atoms with E-state index in [1.807, 2.05) is 0 Å². The van der Waals surface area contributed by atoms with E-state index in [-0.39, 0.29) is 0 Å². The van der Waals surface area contributed by atoms with E-state index in [9.17, 15) is 0 Å². The Morgan fingerprint density at radius 3 is 1.40 bits per heavy atom. The molecule has 0 bridgehead atoms. The molecule has 0 spiro atoms. The molecule has 0 aliphatic heterocycles. The summed E-state index contributed by atoms with van der Waals surface area (Å²) in [7, 11) is 0. The van der Waals surface area contributed by atoms with Gasteiger partial charge in [-0.15, -0.1) is 0 Å². The van der Waals surface area contributed by atoms with Crippen molar-refractivity contribution in [3.05, 3.63) is 71.8 Å². The van der Waals surface area contributed by atoms with Crippen molar-refractivity contribution in [2.75, 3.05) is 13.2 Å². The highest BCUT2D eigenvalue weighted by Crippen LogP contribution is 2.26. The largest absolute Gasteiger partial charge is 0.380 e. The Morgan fingerprint density at radius 2 is 1.04 bits per heavy atom. The maximum absolute atomic E-state index is 6.26. The van der Waals surface area contributed by atoms with Crippen molar-refractivity contribution in [2.45, 2.75) is 64.2 Å². The zero-order chi connectivity index (χ0) is 17.7. The molecule has 0 heterocycles. The molecule has 2 rings (SSSR count). The summed E-state index contributed by atoms with van der Waals surface area (Å²) in [6, 6.07) is 21.7. The van der Waals surface area contributed by atoms with Crippen LogP contribution in [-0.4, -0.2) is 13.2 Å². The third kappa shape index (κ3) is 7.04. The molecule has 2 atom stereocenters. The first kappa shape index (κ1) is 19.7. The summed E-state index contributed by atoms with van der Waals surface area (Å²) >= 11 is 0. The zero-order valence-corrected chi connectivity index (χ0v) is 16.0. The van der Waals surface area contributed by atoms with Crippen LogP contribution in [-0.2, 0) is 4.74 Å². The van der Waals surface area contributed by atoms with Crippen molar-refractivity contribution in [2.24, 2.45) is 0 Å². The molecular weight excluding hydrogens is 304 g/mol. The maximum atomic E-state index is 6.26. The van der Waals surface area contributed by atoms with Crippen LogP contribution in [0.15, 0.2) is 60.7 Å². The number of unbranched alkanes of at least 4 members (excludes halogenated alkanes) is 2. The van der Waals surface area contributed by atoms with E-state index in [4.69, 9.17) is 4.74 Å². The first-order valence-electron chi connectivity index (χ1n) is 10.0. The second kappa shape index (κ2) is 11.9. The SMILES string of the molecule is CCCCC(COCC(CCCC)c1ccccc1)c1ccccc1. The predicted molar refractivity (Wildman–Crippen MR) is 108 cm³/mol. The Labute approximate surface area is 154 Å². The normalized spacial score (nSPS) is 13.5. The number of hydrogen-bond acceptors (Lipinski definition) is 1. The minimum absolute atomic E-state index is 0.517. The molecular formula is C24H34O. The first-order valence-corrected chi connectivity index (χ1v) is 10.0. The lowest BCUT2D eigenvalue weighted by molar-refractivity contribution is 0.101. The van der Waals surface area contributed by atoms with Crippen molar-refractivity contribution in [1.82, 2.24) is 0 Å². The van der Waals surface area contributed by atoms with Gasteiger partial charge in [-0.3, -0.25) is 0 Å². The van der Waals surface area contributed by atoms with E-state index in [0.717, 1.165) is 13.2 Å². The molecule has 0 aromatic heterocycles. The van der Waals surface area contributed by atoms with Gasteiger partial charge in [0.1, 0.15) is 0 Å². The topological polar surface area (TPSA) is 9.23 Å². The van der Waals surface area contributed by atoms with E-state index in [1.54, 1.807) is 0 Å². The molecule has 0 N–H and O–H groups in total. The Balaban J connectivity index is 1.93. The molecule has 2 aromatic rings. The fraction of sp³-hybridized carbons (Fsp3) is 0.500. The summed E-state index contributed by atoms with van der Waals surface area (Å²) in [5, 5.41) is 0. The third-order valence-electron chi connectivity index (χ3n) is 4.99. The molecule has 0 saturated carbocycles. The van der Waals surface area contributed by atoms with Gasteiger partial charge in [0.2, 0.25) is 0 Å². The van der Waals surface area contributed by atoms with E-state index in [1.165, 1.54) is 49.7 Å². The van der Waals surface area contributed by atoms with Crippen LogP contribution < -0.4 is 0 Å². The average Bonchev–Trinajstić information content (AvgIpc) is 2.68. The quantitative estimate of drug-likeness (QED) is 0.407. The number of hydrogen-bond donors (Lipinski definition) is 0. The summed E-state index contributed by atoms with van der Waals surface area (Å²) in [5.74, 6) is 1.03. The van der Waals surface area contributed by atoms with Gasteiger partial charge in [0.05, 0.1) is 13.2 Å². The molecule has 2 unspecified atom stereocenters. The average molecular weight is 339 g/mol. The van der Waals surface area contributed by atoms with Crippen molar-refractivity contribution in [3.8, 4) is 0 Å². The van der Waals surface area contributed by atoms with Gasteiger partial charge in [-0.1, -0.05) is 100 Å². The lowest BCUT2D eigenvalue weighted by atomic mass is 9.93. The van der Waals surface area contributed by atoms with Crippen LogP contribution in [0, 0.1) is 0 Å². The van der Waals surface area contributed by atoms with E-state index in [0.29, 0.717) is 11.8 Å². The van der Waals surface area contributed by atoms with Crippen molar-refractivity contribution in [1.29, 1.82) is 0 Å². The van der Waals surface area contributed by atoms with Gasteiger partial charge in [0.25, 0.3) is 0 Å². The fourth-order valence-corrected chi connectivity index (χ4v) is 3.40. The summed E-state index contributed by atoms with van der Waals surface area (Å²) in [6.45, 7) is 6.19. The minimum atomic E-state index is 0.517. The summed E-state index contributed by atoms with van der Waals surface area (Å²) in [4.78, 5) is 0. The molecule has 25 heavy (non-hydrogen) atoms. The Hall–Kier alpha value is -1.60. The van der Waals surface area contributed by atoms with E-state index < -0.39 is 0 Å². The van der Waals surface area contributed by atoms with Crippen LogP contribution in [0.4, 0.5) is 0 Å². The minimum Gasteiger partial charge on any atom is -0.380 e. The van der Waals surface area contributed by atoms with E-state index in [2.05, 4.69) is 74.5 Å². The second-order valence-corrected chi connectivity index (χ2v) is 7.04. The van der Waals surface area contributed by atoms with E-state index >= 15 is 0 Å². The highest BCUT2D eigenvalue weighted by Gasteiger charge is 2.15. The first-order chi connectivity index (χ1) is 12.3. The third-order valence-corrected chi connectivity index (χ3v) is 4.99. The standard InChI is InChI=1S/C24H34O/c1-3-5-13-23(21-15-9-7-10-16-21)19-25-20-24(14-6-4-2)22-17-11-8-12-18-22/h7-12,15-18,23-24H,3-6,13-14,19-20H2,1-2H3. The van der Waals surface area contributed by atoms with Crippen LogP contribution >= 0.6 is 0 Å². The summed E-state index contributed by atoms with van der Waals surface area (Å²) in [6.07, 6.45) is 7.44. The molecule has 0 fully saturated rings. The van der Waals surface area contributed by atoms with Crippen molar-refractivity contribution in [3.63, 3.8) is 0 Å². The second-order valence-electron chi connectivity index (χ2n) is 7.04. The molecule has 0 aliphatic carbocycles. The van der Waals surface area contributed by atoms with Gasteiger partial charge in [0, 0.05) is 11.8 Å². The Kier molecular flexibility index (Phi) is 9.36. The number of ether oxygens (including phenoxy) is 1. The van der Waals surface area contributed by atoms with Gasteiger partial charge in [-0.05, 0) is 24.0 Å². The van der Waals surface area contributed by atoms with Crippen LogP contribution in [0.2, 0.25) is 0 Å². The van der Waals surface area contributed by atoms with Gasteiger partial charge in [-0.25, -0.2) is 0 Å². The smallest absolute Gasteiger partial charge is 0.0535 e. The maximum Gasteiger partial charge on any atom is 0.0535 e. The lowest BCUT2D eigenvalue weighted by Gasteiger charge is -2.21. The molecule has 0 saturated heterocycles. The molecule has 1 nitrogen and oxygen atoms in total. The predicted octanol–water partition coefficient (Wildman–Crippen LogP) is 6.95. The molecule has 0 aliphatic rings. The van der Waals surface area contributed by atoms with Gasteiger partial charge in [0.15, 0.2) is 0 Å². The molecule has 136 valence electrons. The highest BCUT2D eigenvalue weighted by molar-refractivity contribution is 5.20. The number of rotatable bonds is 12. The monoisotopic (exact) mass is 338 g/mol. The Bertz CT molecular complexity index is 497. The molecule has 0 amide bonds.